The van der Waals surface area contributed by atoms with E-state index in [1.165, 1.54) is 11.6 Å². The Morgan fingerprint density at radius 1 is 1.08 bits per heavy atom. The molecule has 2 N–H and O–H groups in total. The predicted molar refractivity (Wildman–Crippen MR) is 98.0 cm³/mol. The fraction of sp³-hybridized carbons (Fsp3) is 0.190. The smallest absolute Gasteiger partial charge is 0.250 e. The Bertz CT molecular complexity index is 910. The average molecular weight is 336 g/mol. The van der Waals surface area contributed by atoms with Gasteiger partial charge in [-0.15, -0.1) is 0 Å². The number of primary amides is 1. The van der Waals surface area contributed by atoms with Crippen molar-refractivity contribution in [1.82, 2.24) is 4.57 Å². The van der Waals surface area contributed by atoms with Crippen molar-refractivity contribution in [2.24, 2.45) is 5.73 Å². The van der Waals surface area contributed by atoms with Gasteiger partial charge in [0.15, 0.2) is 0 Å². The average Bonchev–Trinajstić information content (AvgIpc) is 2.91. The molecule has 0 atom stereocenters. The summed E-state index contributed by atoms with van der Waals surface area (Å²) in [4.78, 5) is 11.8. The van der Waals surface area contributed by atoms with Crippen LogP contribution >= 0.6 is 0 Å². The van der Waals surface area contributed by atoms with E-state index in [0.717, 1.165) is 22.5 Å². The SMILES string of the molecule is Cc1ccc(-c2cc(C(N)=O)c(C)n2CCc2cccc(F)c2)cc1. The molecule has 0 fully saturated rings. The second-order valence-corrected chi connectivity index (χ2v) is 6.29. The van der Waals surface area contributed by atoms with E-state index >= 15 is 0 Å². The van der Waals surface area contributed by atoms with Crippen molar-refractivity contribution in [2.45, 2.75) is 26.8 Å². The molecule has 25 heavy (non-hydrogen) atoms. The molecule has 0 aliphatic heterocycles. The van der Waals surface area contributed by atoms with Gasteiger partial charge in [0.2, 0.25) is 0 Å². The summed E-state index contributed by atoms with van der Waals surface area (Å²) in [6, 6.07) is 16.6. The van der Waals surface area contributed by atoms with Gasteiger partial charge in [0.05, 0.1) is 5.56 Å². The molecule has 1 heterocycles. The lowest BCUT2D eigenvalue weighted by molar-refractivity contribution is 0.0999. The number of carbonyl (C=O) groups excluding carboxylic acids is 1. The van der Waals surface area contributed by atoms with Gasteiger partial charge in [-0.25, -0.2) is 4.39 Å². The highest BCUT2D eigenvalue weighted by Crippen LogP contribution is 2.26. The molecule has 0 saturated carbocycles. The molecule has 0 aliphatic rings. The zero-order chi connectivity index (χ0) is 18.0. The van der Waals surface area contributed by atoms with Crippen molar-refractivity contribution in [3.63, 3.8) is 0 Å². The van der Waals surface area contributed by atoms with Crippen molar-refractivity contribution in [3.8, 4) is 11.3 Å². The van der Waals surface area contributed by atoms with Gasteiger partial charge < -0.3 is 10.3 Å². The quantitative estimate of drug-likeness (QED) is 0.744. The molecule has 3 aromatic rings. The molecule has 1 amide bonds. The first kappa shape index (κ1) is 17.0. The number of hydrogen-bond acceptors (Lipinski definition) is 1. The third-order valence-electron chi connectivity index (χ3n) is 4.49. The summed E-state index contributed by atoms with van der Waals surface area (Å²) in [6.45, 7) is 4.57. The van der Waals surface area contributed by atoms with Crippen molar-refractivity contribution in [1.29, 1.82) is 0 Å². The predicted octanol–water partition coefficient (Wildman–Crippen LogP) is 4.25. The summed E-state index contributed by atoms with van der Waals surface area (Å²) >= 11 is 0. The van der Waals surface area contributed by atoms with E-state index < -0.39 is 5.91 Å². The van der Waals surface area contributed by atoms with Crippen molar-refractivity contribution >= 4 is 5.91 Å². The molecule has 4 heteroatoms. The minimum absolute atomic E-state index is 0.238. The molecular formula is C21H21FN2O. The number of aromatic nitrogens is 1. The number of nitrogens with two attached hydrogens (primary N) is 1. The number of rotatable bonds is 5. The summed E-state index contributed by atoms with van der Waals surface area (Å²) in [5.74, 6) is -0.673. The van der Waals surface area contributed by atoms with Crippen molar-refractivity contribution in [3.05, 3.63) is 82.8 Å². The Labute approximate surface area is 146 Å². The minimum atomic E-state index is -0.435. The van der Waals surface area contributed by atoms with E-state index in [9.17, 15) is 9.18 Å². The van der Waals surface area contributed by atoms with Crippen LogP contribution in [0.1, 0.15) is 27.2 Å². The highest BCUT2D eigenvalue weighted by Gasteiger charge is 2.16. The van der Waals surface area contributed by atoms with Crippen LogP contribution < -0.4 is 5.73 Å². The molecule has 2 aromatic carbocycles. The highest BCUT2D eigenvalue weighted by molar-refractivity contribution is 5.95. The van der Waals surface area contributed by atoms with Gasteiger partial charge in [0.1, 0.15) is 5.82 Å². The molecular weight excluding hydrogens is 315 g/mol. The van der Waals surface area contributed by atoms with E-state index in [2.05, 4.69) is 4.57 Å². The zero-order valence-electron chi connectivity index (χ0n) is 14.4. The van der Waals surface area contributed by atoms with Crippen LogP contribution in [-0.2, 0) is 13.0 Å². The van der Waals surface area contributed by atoms with Crippen LogP contribution in [0.5, 0.6) is 0 Å². The fourth-order valence-corrected chi connectivity index (χ4v) is 3.08. The summed E-state index contributed by atoms with van der Waals surface area (Å²) in [7, 11) is 0. The van der Waals surface area contributed by atoms with E-state index in [1.807, 2.05) is 50.2 Å². The molecule has 0 bridgehead atoms. The molecule has 0 aliphatic carbocycles. The minimum Gasteiger partial charge on any atom is -0.366 e. The second-order valence-electron chi connectivity index (χ2n) is 6.29. The lowest BCUT2D eigenvalue weighted by atomic mass is 10.1. The Kier molecular flexibility index (Phi) is 4.70. The standard InChI is InChI=1S/C21H21FN2O/c1-14-6-8-17(9-7-14)20-13-19(21(23)25)15(2)24(20)11-10-16-4-3-5-18(22)12-16/h3-9,12-13H,10-11H2,1-2H3,(H2,23,25). The molecule has 3 rings (SSSR count). The molecule has 0 saturated heterocycles. The first-order valence-electron chi connectivity index (χ1n) is 8.27. The number of hydrogen-bond donors (Lipinski definition) is 1. The second kappa shape index (κ2) is 6.93. The van der Waals surface area contributed by atoms with E-state index in [0.29, 0.717) is 18.5 Å². The highest BCUT2D eigenvalue weighted by atomic mass is 19.1. The molecule has 0 spiro atoms. The lowest BCUT2D eigenvalue weighted by Gasteiger charge is -2.12. The fourth-order valence-electron chi connectivity index (χ4n) is 3.08. The van der Waals surface area contributed by atoms with Gasteiger partial charge >= 0.3 is 0 Å². The van der Waals surface area contributed by atoms with Gasteiger partial charge in [-0.2, -0.15) is 0 Å². The zero-order valence-corrected chi connectivity index (χ0v) is 14.4. The maximum atomic E-state index is 13.4. The number of benzene rings is 2. The number of carbonyl (C=O) groups is 1. The molecule has 0 unspecified atom stereocenters. The largest absolute Gasteiger partial charge is 0.366 e. The Balaban J connectivity index is 1.98. The monoisotopic (exact) mass is 336 g/mol. The summed E-state index contributed by atoms with van der Waals surface area (Å²) in [5.41, 5.74) is 10.9. The van der Waals surface area contributed by atoms with E-state index in [4.69, 9.17) is 5.73 Å². The van der Waals surface area contributed by atoms with Gasteiger partial charge in [0.25, 0.3) is 5.91 Å². The van der Waals surface area contributed by atoms with E-state index in [-0.39, 0.29) is 5.82 Å². The normalized spacial score (nSPS) is 10.8. The van der Waals surface area contributed by atoms with E-state index in [1.54, 1.807) is 12.1 Å². The van der Waals surface area contributed by atoms with Crippen LogP contribution in [0.15, 0.2) is 54.6 Å². The lowest BCUT2D eigenvalue weighted by Crippen LogP contribution is -2.13. The third kappa shape index (κ3) is 3.63. The van der Waals surface area contributed by atoms with Crippen LogP contribution in [0, 0.1) is 19.7 Å². The maximum absolute atomic E-state index is 13.4. The number of aryl methyl sites for hydroxylation is 2. The van der Waals surface area contributed by atoms with Gasteiger partial charge in [-0.05, 0) is 49.6 Å². The summed E-state index contributed by atoms with van der Waals surface area (Å²) in [5, 5.41) is 0. The third-order valence-corrected chi connectivity index (χ3v) is 4.49. The Hall–Kier alpha value is -2.88. The first-order chi connectivity index (χ1) is 12.0. The number of nitrogens with zero attached hydrogens (tertiary/aromatic N) is 1. The van der Waals surface area contributed by atoms with Crippen molar-refractivity contribution < 1.29 is 9.18 Å². The van der Waals surface area contributed by atoms with Gasteiger partial charge in [-0.3, -0.25) is 4.79 Å². The van der Waals surface area contributed by atoms with Crippen LogP contribution in [0.4, 0.5) is 4.39 Å². The molecule has 3 nitrogen and oxygen atoms in total. The van der Waals surface area contributed by atoms with Crippen molar-refractivity contribution in [2.75, 3.05) is 0 Å². The first-order valence-corrected chi connectivity index (χ1v) is 8.27. The van der Waals surface area contributed by atoms with Crippen LogP contribution in [0.2, 0.25) is 0 Å². The number of halogens is 1. The topological polar surface area (TPSA) is 48.0 Å². The molecule has 0 radical (unpaired) electrons. The maximum Gasteiger partial charge on any atom is 0.250 e. The molecule has 1 aromatic heterocycles. The number of amides is 1. The summed E-state index contributed by atoms with van der Waals surface area (Å²) in [6.07, 6.45) is 0.671. The van der Waals surface area contributed by atoms with Gasteiger partial charge in [0, 0.05) is 17.9 Å². The Morgan fingerprint density at radius 2 is 1.80 bits per heavy atom. The Morgan fingerprint density at radius 3 is 2.44 bits per heavy atom. The van der Waals surface area contributed by atoms with Crippen LogP contribution in [-0.4, -0.2) is 10.5 Å². The van der Waals surface area contributed by atoms with Gasteiger partial charge in [-0.1, -0.05) is 42.0 Å². The summed E-state index contributed by atoms with van der Waals surface area (Å²) < 4.78 is 15.5. The molecule has 128 valence electrons. The van der Waals surface area contributed by atoms with Crippen LogP contribution in [0.3, 0.4) is 0 Å². The van der Waals surface area contributed by atoms with Crippen LogP contribution in [0.25, 0.3) is 11.3 Å².